The van der Waals surface area contributed by atoms with Gasteiger partial charge in [0.05, 0.1) is 19.1 Å². The number of methoxy groups -OCH3 is 1. The zero-order valence-corrected chi connectivity index (χ0v) is 18.6. The van der Waals surface area contributed by atoms with Crippen LogP contribution >= 0.6 is 0 Å². The summed E-state index contributed by atoms with van der Waals surface area (Å²) >= 11 is 0. The van der Waals surface area contributed by atoms with E-state index in [-0.39, 0.29) is 11.9 Å². The van der Waals surface area contributed by atoms with Crippen LogP contribution in [-0.2, 0) is 4.79 Å². The molecule has 0 aliphatic carbocycles. The summed E-state index contributed by atoms with van der Waals surface area (Å²) in [5, 5.41) is 0. The molecule has 1 aromatic rings. The van der Waals surface area contributed by atoms with Crippen molar-refractivity contribution in [3.05, 3.63) is 24.3 Å². The largest absolute Gasteiger partial charge is 0.495 e. The van der Waals surface area contributed by atoms with Gasteiger partial charge in [-0.3, -0.25) is 14.6 Å². The third kappa shape index (κ3) is 4.19. The van der Waals surface area contributed by atoms with E-state index in [9.17, 15) is 9.59 Å². The van der Waals surface area contributed by atoms with E-state index in [0.29, 0.717) is 0 Å². The summed E-state index contributed by atoms with van der Waals surface area (Å²) in [4.78, 5) is 38.7. The molecule has 3 amide bonds. The predicted molar refractivity (Wildman–Crippen MR) is 120 cm³/mol. The van der Waals surface area contributed by atoms with Crippen LogP contribution in [0.4, 0.5) is 10.5 Å². The third-order valence-electron chi connectivity index (χ3n) is 6.52. The standard InChI is InChI=1S/C22H32N6O3/c1-24-20-19(21(29)25(2)22(24)30)28(16-23-20)11-7-6-10-26-12-14-27(15-13-26)17-8-4-5-9-18(17)31-3/h4-5,8-9,16,19-20H,6-7,10-15H2,1-3H3. The SMILES string of the molecule is COc1ccccc1N1CCN(CCCCN2C=NC3C2C(=O)N(C)C(=O)N3C)CC1. The van der Waals surface area contributed by atoms with Gasteiger partial charge in [0.2, 0.25) is 0 Å². The van der Waals surface area contributed by atoms with Crippen molar-refractivity contribution in [1.29, 1.82) is 0 Å². The molecule has 0 N–H and O–H groups in total. The molecular formula is C22H32N6O3. The summed E-state index contributed by atoms with van der Waals surface area (Å²) in [6.07, 6.45) is 3.38. The van der Waals surface area contributed by atoms with Gasteiger partial charge >= 0.3 is 6.03 Å². The minimum Gasteiger partial charge on any atom is -0.495 e. The first kappa shape index (κ1) is 21.4. The number of hydrogen-bond acceptors (Lipinski definition) is 7. The number of carbonyl (C=O) groups excluding carboxylic acids is 2. The summed E-state index contributed by atoms with van der Waals surface area (Å²) in [7, 11) is 4.96. The molecule has 31 heavy (non-hydrogen) atoms. The Morgan fingerprint density at radius 3 is 2.48 bits per heavy atom. The first-order valence-electron chi connectivity index (χ1n) is 10.9. The highest BCUT2D eigenvalue weighted by Crippen LogP contribution is 2.28. The zero-order chi connectivity index (χ0) is 22.0. The first-order chi connectivity index (χ1) is 15.0. The van der Waals surface area contributed by atoms with E-state index in [2.05, 4.69) is 26.9 Å². The fourth-order valence-corrected chi connectivity index (χ4v) is 4.63. The number of likely N-dealkylation sites (N-methyl/N-ethyl adjacent to an activating group) is 2. The summed E-state index contributed by atoms with van der Waals surface area (Å²) in [5.41, 5.74) is 1.16. The minimum atomic E-state index is -0.403. The van der Waals surface area contributed by atoms with Gasteiger partial charge in [0.25, 0.3) is 5.91 Å². The van der Waals surface area contributed by atoms with Crippen molar-refractivity contribution < 1.29 is 14.3 Å². The molecule has 2 saturated heterocycles. The molecule has 3 aliphatic heterocycles. The predicted octanol–water partition coefficient (Wildman–Crippen LogP) is 1.16. The Balaban J connectivity index is 1.21. The van der Waals surface area contributed by atoms with Crippen LogP contribution in [0.1, 0.15) is 12.8 Å². The molecule has 0 aromatic heterocycles. The quantitative estimate of drug-likeness (QED) is 0.607. The summed E-state index contributed by atoms with van der Waals surface area (Å²) in [6, 6.07) is 7.50. The molecule has 1 aromatic carbocycles. The van der Waals surface area contributed by atoms with E-state index in [1.165, 1.54) is 4.90 Å². The second kappa shape index (κ2) is 9.13. The van der Waals surface area contributed by atoms with Gasteiger partial charge in [-0.25, -0.2) is 9.79 Å². The number of aliphatic imine (C=N–C) groups is 1. The molecule has 2 unspecified atom stereocenters. The Kier molecular flexibility index (Phi) is 6.31. The van der Waals surface area contributed by atoms with Crippen LogP contribution in [-0.4, -0.2) is 111 Å². The molecule has 3 heterocycles. The van der Waals surface area contributed by atoms with Crippen molar-refractivity contribution >= 4 is 24.0 Å². The molecule has 9 heteroatoms. The van der Waals surface area contributed by atoms with Crippen LogP contribution in [0.15, 0.2) is 29.3 Å². The molecule has 9 nitrogen and oxygen atoms in total. The number of imide groups is 1. The fraction of sp³-hybridized carbons (Fsp3) is 0.591. The second-order valence-electron chi connectivity index (χ2n) is 8.36. The number of benzene rings is 1. The van der Waals surface area contributed by atoms with Gasteiger partial charge in [-0.15, -0.1) is 0 Å². The monoisotopic (exact) mass is 428 g/mol. The van der Waals surface area contributed by atoms with Crippen LogP contribution in [0.3, 0.4) is 0 Å². The first-order valence-corrected chi connectivity index (χ1v) is 10.9. The number of carbonyl (C=O) groups is 2. The Bertz CT molecular complexity index is 838. The number of anilines is 1. The Hall–Kier alpha value is -2.81. The Labute approximate surface area is 183 Å². The van der Waals surface area contributed by atoms with Crippen molar-refractivity contribution in [3.8, 4) is 5.75 Å². The molecule has 0 saturated carbocycles. The smallest absolute Gasteiger partial charge is 0.328 e. The van der Waals surface area contributed by atoms with Gasteiger partial charge in [0.1, 0.15) is 5.75 Å². The Morgan fingerprint density at radius 2 is 1.74 bits per heavy atom. The topological polar surface area (TPSA) is 71.9 Å². The normalized spacial score (nSPS) is 24.2. The Morgan fingerprint density at radius 1 is 1.03 bits per heavy atom. The van der Waals surface area contributed by atoms with E-state index >= 15 is 0 Å². The molecule has 3 aliphatic rings. The number of unbranched alkanes of at least 4 members (excludes halogenated alkanes) is 1. The summed E-state index contributed by atoms with van der Waals surface area (Å²) in [5.74, 6) is 0.759. The number of ether oxygens (including phenoxy) is 1. The van der Waals surface area contributed by atoms with Gasteiger partial charge in [0.15, 0.2) is 12.2 Å². The molecular weight excluding hydrogens is 396 g/mol. The average molecular weight is 429 g/mol. The number of amides is 3. The maximum atomic E-state index is 12.6. The van der Waals surface area contributed by atoms with Crippen molar-refractivity contribution in [2.24, 2.45) is 4.99 Å². The van der Waals surface area contributed by atoms with E-state index in [1.54, 1.807) is 32.4 Å². The summed E-state index contributed by atoms with van der Waals surface area (Å²) in [6.45, 7) is 5.86. The van der Waals surface area contributed by atoms with Crippen LogP contribution in [0.5, 0.6) is 5.75 Å². The fourth-order valence-electron chi connectivity index (χ4n) is 4.63. The van der Waals surface area contributed by atoms with Gasteiger partial charge in [0, 0.05) is 46.8 Å². The highest BCUT2D eigenvalue weighted by Gasteiger charge is 2.48. The van der Waals surface area contributed by atoms with E-state index in [4.69, 9.17) is 4.74 Å². The minimum absolute atomic E-state index is 0.168. The molecule has 168 valence electrons. The maximum Gasteiger partial charge on any atom is 0.328 e. The van der Waals surface area contributed by atoms with E-state index < -0.39 is 12.2 Å². The lowest BCUT2D eigenvalue weighted by atomic mass is 10.1. The zero-order valence-electron chi connectivity index (χ0n) is 18.6. The highest BCUT2D eigenvalue weighted by molar-refractivity contribution is 6.01. The number of nitrogens with zero attached hydrogens (tertiary/aromatic N) is 6. The molecule has 0 radical (unpaired) electrons. The molecule has 4 rings (SSSR count). The van der Waals surface area contributed by atoms with Crippen LogP contribution in [0.25, 0.3) is 0 Å². The van der Waals surface area contributed by atoms with Gasteiger partial charge < -0.3 is 19.4 Å². The lowest BCUT2D eigenvalue weighted by Gasteiger charge is -2.39. The number of piperazine rings is 1. The number of para-hydroxylation sites is 2. The number of urea groups is 1. The lowest BCUT2D eigenvalue weighted by Crippen LogP contribution is -2.63. The van der Waals surface area contributed by atoms with Crippen LogP contribution in [0.2, 0.25) is 0 Å². The molecule has 2 atom stereocenters. The summed E-state index contributed by atoms with van der Waals surface area (Å²) < 4.78 is 5.50. The lowest BCUT2D eigenvalue weighted by molar-refractivity contribution is -0.136. The van der Waals surface area contributed by atoms with Crippen LogP contribution in [0, 0.1) is 0 Å². The number of fused-ring (bicyclic) bond motifs is 1. The third-order valence-corrected chi connectivity index (χ3v) is 6.52. The number of rotatable bonds is 7. The maximum absolute atomic E-state index is 12.6. The van der Waals surface area contributed by atoms with E-state index in [1.807, 2.05) is 17.0 Å². The average Bonchev–Trinajstić information content (AvgIpc) is 3.23. The molecule has 2 fully saturated rings. The van der Waals surface area contributed by atoms with Crippen LogP contribution < -0.4 is 9.64 Å². The van der Waals surface area contributed by atoms with E-state index in [0.717, 1.165) is 63.5 Å². The van der Waals surface area contributed by atoms with Gasteiger partial charge in [-0.1, -0.05) is 12.1 Å². The highest BCUT2D eigenvalue weighted by atomic mass is 16.5. The van der Waals surface area contributed by atoms with Crippen molar-refractivity contribution in [2.75, 3.05) is 65.4 Å². The number of hydrogen-bond donors (Lipinski definition) is 0. The molecule has 0 bridgehead atoms. The van der Waals surface area contributed by atoms with Gasteiger partial charge in [-0.2, -0.15) is 0 Å². The second-order valence-corrected chi connectivity index (χ2v) is 8.36. The van der Waals surface area contributed by atoms with Crippen molar-refractivity contribution in [3.63, 3.8) is 0 Å². The van der Waals surface area contributed by atoms with Gasteiger partial charge in [-0.05, 0) is 31.5 Å². The van der Waals surface area contributed by atoms with Crippen molar-refractivity contribution in [2.45, 2.75) is 25.0 Å². The van der Waals surface area contributed by atoms with Crippen molar-refractivity contribution in [1.82, 2.24) is 19.6 Å². The molecule has 0 spiro atoms.